The smallest absolute Gasteiger partial charge is 0.317 e. The summed E-state index contributed by atoms with van der Waals surface area (Å²) in [5.41, 5.74) is 2.03. The van der Waals surface area contributed by atoms with Crippen LogP contribution in [0.2, 0.25) is 0 Å². The van der Waals surface area contributed by atoms with Crippen molar-refractivity contribution in [3.05, 3.63) is 30.1 Å². The first-order valence-corrected chi connectivity index (χ1v) is 10.00. The van der Waals surface area contributed by atoms with Gasteiger partial charge in [-0.25, -0.2) is 9.78 Å². The molecular formula is C20H29N5O. The summed E-state index contributed by atoms with van der Waals surface area (Å²) < 4.78 is 0. The molecule has 2 aromatic rings. The minimum atomic E-state index is 0.0596. The third-order valence-electron chi connectivity index (χ3n) is 5.77. The standard InChI is InChI=1S/C20H29N5O/c26-20(21-11-10-19-22-17-8-4-5-9-18(17)23-19)25-14-12-24(13-15-25)16-6-2-1-3-7-16/h4-5,8-9,16H,1-3,6-7,10-15H2,(H,21,26)(H,22,23). The number of benzene rings is 1. The van der Waals surface area contributed by atoms with Gasteiger partial charge in [0.25, 0.3) is 0 Å². The lowest BCUT2D eigenvalue weighted by Crippen LogP contribution is -2.54. The largest absolute Gasteiger partial charge is 0.342 e. The Labute approximate surface area is 155 Å². The van der Waals surface area contributed by atoms with Crippen LogP contribution in [-0.2, 0) is 6.42 Å². The van der Waals surface area contributed by atoms with Gasteiger partial charge in [-0.15, -0.1) is 0 Å². The van der Waals surface area contributed by atoms with Crippen LogP contribution in [-0.4, -0.2) is 64.6 Å². The van der Waals surface area contributed by atoms with Crippen molar-refractivity contribution in [2.75, 3.05) is 32.7 Å². The number of H-pyrrole nitrogens is 1. The minimum absolute atomic E-state index is 0.0596. The fraction of sp³-hybridized carbons (Fsp3) is 0.600. The Hall–Kier alpha value is -2.08. The van der Waals surface area contributed by atoms with Crippen molar-refractivity contribution >= 4 is 17.1 Å². The van der Waals surface area contributed by atoms with Crippen molar-refractivity contribution < 1.29 is 4.79 Å². The highest BCUT2D eigenvalue weighted by Gasteiger charge is 2.26. The molecule has 0 radical (unpaired) electrons. The van der Waals surface area contributed by atoms with E-state index < -0.39 is 0 Å². The molecule has 1 saturated carbocycles. The molecule has 0 unspecified atom stereocenters. The second-order valence-corrected chi connectivity index (χ2v) is 7.50. The number of imidazole rings is 1. The highest BCUT2D eigenvalue weighted by atomic mass is 16.2. The summed E-state index contributed by atoms with van der Waals surface area (Å²) in [6.45, 7) is 4.32. The monoisotopic (exact) mass is 355 g/mol. The molecule has 2 aliphatic rings. The number of aromatic nitrogens is 2. The van der Waals surface area contributed by atoms with Crippen molar-refractivity contribution in [1.29, 1.82) is 0 Å². The molecule has 140 valence electrons. The van der Waals surface area contributed by atoms with Crippen LogP contribution in [0.3, 0.4) is 0 Å². The van der Waals surface area contributed by atoms with Gasteiger partial charge in [0.05, 0.1) is 11.0 Å². The predicted octanol–water partition coefficient (Wildman–Crippen LogP) is 2.77. The molecule has 1 aliphatic carbocycles. The molecule has 0 spiro atoms. The van der Waals surface area contributed by atoms with Gasteiger partial charge in [0, 0.05) is 45.2 Å². The molecule has 2 amide bonds. The zero-order valence-electron chi connectivity index (χ0n) is 15.4. The summed E-state index contributed by atoms with van der Waals surface area (Å²) >= 11 is 0. The lowest BCUT2D eigenvalue weighted by molar-refractivity contribution is 0.0907. The number of para-hydroxylation sites is 2. The highest BCUT2D eigenvalue weighted by Crippen LogP contribution is 2.23. The van der Waals surface area contributed by atoms with Gasteiger partial charge in [0.1, 0.15) is 5.82 Å². The minimum Gasteiger partial charge on any atom is -0.342 e. The molecule has 1 aromatic heterocycles. The molecule has 0 bridgehead atoms. The number of rotatable bonds is 4. The van der Waals surface area contributed by atoms with Crippen LogP contribution in [0, 0.1) is 0 Å². The van der Waals surface area contributed by atoms with E-state index in [0.29, 0.717) is 6.54 Å². The SMILES string of the molecule is O=C(NCCc1nc2ccccc2[nH]1)N1CCN(C2CCCCC2)CC1. The van der Waals surface area contributed by atoms with E-state index in [9.17, 15) is 4.79 Å². The zero-order chi connectivity index (χ0) is 17.8. The van der Waals surface area contributed by atoms with Crippen molar-refractivity contribution in [3.8, 4) is 0 Å². The maximum atomic E-state index is 12.4. The van der Waals surface area contributed by atoms with Gasteiger partial charge in [0.2, 0.25) is 0 Å². The van der Waals surface area contributed by atoms with Crippen molar-refractivity contribution in [2.45, 2.75) is 44.6 Å². The molecule has 2 heterocycles. The number of carbonyl (C=O) groups excluding carboxylic acids is 1. The van der Waals surface area contributed by atoms with Crippen LogP contribution in [0.5, 0.6) is 0 Å². The van der Waals surface area contributed by atoms with E-state index in [1.54, 1.807) is 0 Å². The summed E-state index contributed by atoms with van der Waals surface area (Å²) in [5.74, 6) is 0.925. The Morgan fingerprint density at radius 1 is 1.12 bits per heavy atom. The third kappa shape index (κ3) is 4.01. The van der Waals surface area contributed by atoms with Crippen LogP contribution in [0.4, 0.5) is 4.79 Å². The summed E-state index contributed by atoms with van der Waals surface area (Å²) in [6, 6.07) is 8.82. The lowest BCUT2D eigenvalue weighted by atomic mass is 9.94. The second-order valence-electron chi connectivity index (χ2n) is 7.50. The Bertz CT molecular complexity index is 696. The summed E-state index contributed by atoms with van der Waals surface area (Å²) in [5, 5.41) is 3.05. The predicted molar refractivity (Wildman–Crippen MR) is 103 cm³/mol. The van der Waals surface area contributed by atoms with Crippen LogP contribution >= 0.6 is 0 Å². The number of fused-ring (bicyclic) bond motifs is 1. The van der Waals surface area contributed by atoms with Crippen LogP contribution in [0.15, 0.2) is 24.3 Å². The highest BCUT2D eigenvalue weighted by molar-refractivity contribution is 5.75. The average Bonchev–Trinajstić information content (AvgIpc) is 3.11. The molecule has 1 aliphatic heterocycles. The fourth-order valence-corrected chi connectivity index (χ4v) is 4.26. The van der Waals surface area contributed by atoms with Crippen LogP contribution in [0.1, 0.15) is 37.9 Å². The van der Waals surface area contributed by atoms with Gasteiger partial charge < -0.3 is 15.2 Å². The van der Waals surface area contributed by atoms with Gasteiger partial charge in [0.15, 0.2) is 0 Å². The summed E-state index contributed by atoms with van der Waals surface area (Å²) in [7, 11) is 0. The van der Waals surface area contributed by atoms with E-state index in [0.717, 1.165) is 55.5 Å². The number of hydrogen-bond acceptors (Lipinski definition) is 3. The van der Waals surface area contributed by atoms with E-state index in [4.69, 9.17) is 0 Å². The maximum absolute atomic E-state index is 12.4. The van der Waals surface area contributed by atoms with Crippen molar-refractivity contribution in [3.63, 3.8) is 0 Å². The van der Waals surface area contributed by atoms with E-state index in [2.05, 4.69) is 20.2 Å². The van der Waals surface area contributed by atoms with E-state index in [1.165, 1.54) is 32.1 Å². The molecule has 2 N–H and O–H groups in total. The number of carbonyl (C=O) groups is 1. The molecule has 6 nitrogen and oxygen atoms in total. The number of piperazine rings is 1. The third-order valence-corrected chi connectivity index (χ3v) is 5.77. The maximum Gasteiger partial charge on any atom is 0.317 e. The molecule has 2 fully saturated rings. The molecule has 4 rings (SSSR count). The first-order valence-electron chi connectivity index (χ1n) is 10.00. The van der Waals surface area contributed by atoms with Gasteiger partial charge in [-0.2, -0.15) is 0 Å². The molecule has 26 heavy (non-hydrogen) atoms. The van der Waals surface area contributed by atoms with Gasteiger partial charge in [-0.1, -0.05) is 31.4 Å². The lowest BCUT2D eigenvalue weighted by Gasteiger charge is -2.40. The van der Waals surface area contributed by atoms with Crippen LogP contribution < -0.4 is 5.32 Å². The number of nitrogens with zero attached hydrogens (tertiary/aromatic N) is 3. The molecule has 1 aromatic carbocycles. The number of nitrogens with one attached hydrogen (secondary N) is 2. The topological polar surface area (TPSA) is 64.3 Å². The number of aromatic amines is 1. The second kappa shape index (κ2) is 8.08. The fourth-order valence-electron chi connectivity index (χ4n) is 4.26. The summed E-state index contributed by atoms with van der Waals surface area (Å²) in [4.78, 5) is 24.8. The molecular weight excluding hydrogens is 326 g/mol. The number of amides is 2. The summed E-state index contributed by atoms with van der Waals surface area (Å²) in [6.07, 6.45) is 7.53. The van der Waals surface area contributed by atoms with E-state index >= 15 is 0 Å². The normalized spacial score (nSPS) is 19.8. The molecule has 6 heteroatoms. The Morgan fingerprint density at radius 3 is 2.65 bits per heavy atom. The quantitative estimate of drug-likeness (QED) is 0.886. The Balaban J connectivity index is 1.20. The molecule has 1 saturated heterocycles. The van der Waals surface area contributed by atoms with E-state index in [-0.39, 0.29) is 6.03 Å². The Kier molecular flexibility index (Phi) is 5.39. The molecule has 0 atom stereocenters. The van der Waals surface area contributed by atoms with Gasteiger partial charge in [-0.05, 0) is 25.0 Å². The average molecular weight is 355 g/mol. The Morgan fingerprint density at radius 2 is 1.88 bits per heavy atom. The number of hydrogen-bond donors (Lipinski definition) is 2. The first kappa shape index (κ1) is 17.3. The van der Waals surface area contributed by atoms with Crippen molar-refractivity contribution in [1.82, 2.24) is 25.1 Å². The van der Waals surface area contributed by atoms with Crippen molar-refractivity contribution in [2.24, 2.45) is 0 Å². The number of urea groups is 1. The van der Waals surface area contributed by atoms with Gasteiger partial charge in [-0.3, -0.25) is 4.90 Å². The van der Waals surface area contributed by atoms with Crippen LogP contribution in [0.25, 0.3) is 11.0 Å². The zero-order valence-corrected chi connectivity index (χ0v) is 15.4. The first-order chi connectivity index (χ1) is 12.8. The van der Waals surface area contributed by atoms with E-state index in [1.807, 2.05) is 29.2 Å². The van der Waals surface area contributed by atoms with Gasteiger partial charge >= 0.3 is 6.03 Å².